The highest BCUT2D eigenvalue weighted by atomic mass is 32.1. The Morgan fingerprint density at radius 3 is 2.88 bits per heavy atom. The van der Waals surface area contributed by atoms with E-state index in [-0.39, 0.29) is 5.82 Å². The Bertz CT molecular complexity index is 1030. The molecule has 24 heavy (non-hydrogen) atoms. The number of nitrogens with zero attached hydrogens (tertiary/aromatic N) is 1. The number of halogens is 1. The van der Waals surface area contributed by atoms with Gasteiger partial charge in [-0.25, -0.2) is 4.39 Å². The van der Waals surface area contributed by atoms with Crippen molar-refractivity contribution in [1.82, 2.24) is 9.97 Å². The Morgan fingerprint density at radius 2 is 2.04 bits per heavy atom. The molecule has 0 saturated heterocycles. The lowest BCUT2D eigenvalue weighted by Gasteiger charge is -2.01. The molecule has 0 bridgehead atoms. The Morgan fingerprint density at radius 1 is 1.17 bits per heavy atom. The highest BCUT2D eigenvalue weighted by Crippen LogP contribution is 2.36. The number of thiophene rings is 1. The molecule has 4 aromatic rings. The van der Waals surface area contributed by atoms with Crippen LogP contribution in [0.15, 0.2) is 36.5 Å². The fraction of sp³-hybridized carbons (Fsp3) is 0.250. The molecule has 4 heteroatoms. The van der Waals surface area contributed by atoms with Crippen molar-refractivity contribution < 1.29 is 4.39 Å². The summed E-state index contributed by atoms with van der Waals surface area (Å²) in [6.45, 7) is 4.37. The van der Waals surface area contributed by atoms with Gasteiger partial charge in [0.25, 0.3) is 0 Å². The molecule has 4 rings (SSSR count). The van der Waals surface area contributed by atoms with Crippen molar-refractivity contribution in [2.75, 3.05) is 0 Å². The van der Waals surface area contributed by atoms with Gasteiger partial charge in [-0.3, -0.25) is 4.98 Å². The van der Waals surface area contributed by atoms with Gasteiger partial charge in [0, 0.05) is 37.8 Å². The van der Waals surface area contributed by atoms with Crippen LogP contribution in [-0.2, 0) is 6.42 Å². The number of pyridine rings is 1. The number of unbranched alkanes of at least 4 members (excludes halogenated alkanes) is 1. The van der Waals surface area contributed by atoms with Gasteiger partial charge in [0.05, 0.1) is 11.2 Å². The van der Waals surface area contributed by atoms with Crippen molar-refractivity contribution in [1.29, 1.82) is 0 Å². The maximum atomic E-state index is 13.6. The average Bonchev–Trinajstić information content (AvgIpc) is 3.13. The van der Waals surface area contributed by atoms with Gasteiger partial charge in [-0.05, 0) is 50.1 Å². The van der Waals surface area contributed by atoms with Crippen LogP contribution in [0.1, 0.15) is 29.5 Å². The third-order valence-electron chi connectivity index (χ3n) is 4.48. The van der Waals surface area contributed by atoms with Crippen LogP contribution in [0.25, 0.3) is 33.1 Å². The number of hydrogen-bond donors (Lipinski definition) is 1. The number of benzene rings is 1. The minimum atomic E-state index is -0.213. The predicted molar refractivity (Wildman–Crippen MR) is 100 cm³/mol. The van der Waals surface area contributed by atoms with Gasteiger partial charge in [-0.15, -0.1) is 11.3 Å². The number of aromatic amines is 1. The molecule has 2 nitrogen and oxygen atoms in total. The Labute approximate surface area is 144 Å². The summed E-state index contributed by atoms with van der Waals surface area (Å²) in [5, 5.41) is 1.93. The number of rotatable bonds is 4. The molecular weight excluding hydrogens is 319 g/mol. The normalized spacial score (nSPS) is 11.6. The van der Waals surface area contributed by atoms with Gasteiger partial charge >= 0.3 is 0 Å². The molecule has 122 valence electrons. The summed E-state index contributed by atoms with van der Waals surface area (Å²) in [6, 6.07) is 9.09. The first kappa shape index (κ1) is 15.3. The molecule has 0 amide bonds. The zero-order valence-electron chi connectivity index (χ0n) is 13.8. The number of aryl methyl sites for hydroxylation is 2. The van der Waals surface area contributed by atoms with Gasteiger partial charge < -0.3 is 4.98 Å². The standard InChI is InChI=1S/C20H19FN2S/c1-3-4-5-14-11-16(12(2)24-14)19-20-15(8-9-22-19)17-10-13(21)6-7-18(17)23-20/h6-11,23H,3-5H2,1-2H3. The van der Waals surface area contributed by atoms with E-state index in [2.05, 4.69) is 29.9 Å². The zero-order chi connectivity index (χ0) is 16.7. The van der Waals surface area contributed by atoms with Gasteiger partial charge in [0.15, 0.2) is 0 Å². The van der Waals surface area contributed by atoms with E-state index in [0.29, 0.717) is 0 Å². The number of aromatic nitrogens is 2. The van der Waals surface area contributed by atoms with E-state index < -0.39 is 0 Å². The Balaban J connectivity index is 1.91. The second kappa shape index (κ2) is 6.02. The van der Waals surface area contributed by atoms with Crippen LogP contribution >= 0.6 is 11.3 Å². The minimum absolute atomic E-state index is 0.213. The molecule has 0 aliphatic rings. The van der Waals surface area contributed by atoms with Gasteiger partial charge in [-0.2, -0.15) is 0 Å². The topological polar surface area (TPSA) is 28.7 Å². The summed E-state index contributed by atoms with van der Waals surface area (Å²) in [4.78, 5) is 10.7. The van der Waals surface area contributed by atoms with Gasteiger partial charge in [0.1, 0.15) is 5.82 Å². The van der Waals surface area contributed by atoms with Crippen LogP contribution in [0, 0.1) is 12.7 Å². The fourth-order valence-electron chi connectivity index (χ4n) is 3.25. The second-order valence-corrected chi connectivity index (χ2v) is 7.52. The average molecular weight is 338 g/mol. The number of H-pyrrole nitrogens is 1. The first-order valence-corrected chi connectivity index (χ1v) is 9.14. The second-order valence-electron chi connectivity index (χ2n) is 6.18. The lowest BCUT2D eigenvalue weighted by Crippen LogP contribution is -1.85. The van der Waals surface area contributed by atoms with Crippen LogP contribution in [0.4, 0.5) is 4.39 Å². The molecular formula is C20H19FN2S. The van der Waals surface area contributed by atoms with E-state index in [1.54, 1.807) is 12.1 Å². The highest BCUT2D eigenvalue weighted by Gasteiger charge is 2.15. The van der Waals surface area contributed by atoms with E-state index in [1.807, 2.05) is 23.6 Å². The van der Waals surface area contributed by atoms with Crippen LogP contribution in [0.5, 0.6) is 0 Å². The van der Waals surface area contributed by atoms with Crippen molar-refractivity contribution >= 4 is 33.1 Å². The van der Waals surface area contributed by atoms with Crippen molar-refractivity contribution in [2.45, 2.75) is 33.1 Å². The lowest BCUT2D eigenvalue weighted by atomic mass is 10.1. The molecule has 1 aromatic carbocycles. The molecule has 3 heterocycles. The first-order valence-electron chi connectivity index (χ1n) is 8.33. The molecule has 0 radical (unpaired) electrons. The van der Waals surface area contributed by atoms with Crippen LogP contribution < -0.4 is 0 Å². The van der Waals surface area contributed by atoms with Gasteiger partial charge in [0.2, 0.25) is 0 Å². The van der Waals surface area contributed by atoms with E-state index in [9.17, 15) is 4.39 Å². The molecule has 0 fully saturated rings. The van der Waals surface area contributed by atoms with E-state index >= 15 is 0 Å². The van der Waals surface area contributed by atoms with Crippen molar-refractivity contribution in [3.63, 3.8) is 0 Å². The largest absolute Gasteiger partial charge is 0.353 e. The summed E-state index contributed by atoms with van der Waals surface area (Å²) in [7, 11) is 0. The summed E-state index contributed by atoms with van der Waals surface area (Å²) in [5.41, 5.74) is 4.07. The third kappa shape index (κ3) is 2.51. The molecule has 1 N–H and O–H groups in total. The number of hydrogen-bond acceptors (Lipinski definition) is 2. The molecule has 3 aromatic heterocycles. The SMILES string of the molecule is CCCCc1cc(-c2nccc3c2[nH]c2ccc(F)cc23)c(C)s1. The Kier molecular flexibility index (Phi) is 3.85. The fourth-order valence-corrected chi connectivity index (χ4v) is 4.33. The van der Waals surface area contributed by atoms with E-state index in [4.69, 9.17) is 0 Å². The van der Waals surface area contributed by atoms with E-state index in [1.165, 1.54) is 34.2 Å². The molecule has 0 saturated carbocycles. The summed E-state index contributed by atoms with van der Waals surface area (Å²) in [5.74, 6) is -0.213. The molecule has 0 unspecified atom stereocenters. The zero-order valence-corrected chi connectivity index (χ0v) is 14.6. The van der Waals surface area contributed by atoms with Crippen molar-refractivity contribution in [3.05, 3.63) is 52.1 Å². The summed E-state index contributed by atoms with van der Waals surface area (Å²) >= 11 is 1.85. The molecule has 0 aliphatic carbocycles. The quantitative estimate of drug-likeness (QED) is 0.469. The first-order chi connectivity index (χ1) is 11.7. The molecule has 0 atom stereocenters. The summed E-state index contributed by atoms with van der Waals surface area (Å²) < 4.78 is 13.6. The monoisotopic (exact) mass is 338 g/mol. The van der Waals surface area contributed by atoms with Gasteiger partial charge in [-0.1, -0.05) is 13.3 Å². The lowest BCUT2D eigenvalue weighted by molar-refractivity contribution is 0.630. The maximum Gasteiger partial charge on any atom is 0.123 e. The van der Waals surface area contributed by atoms with Crippen molar-refractivity contribution in [2.24, 2.45) is 0 Å². The van der Waals surface area contributed by atoms with E-state index in [0.717, 1.165) is 33.9 Å². The summed E-state index contributed by atoms with van der Waals surface area (Å²) in [6.07, 6.45) is 5.35. The Hall–Kier alpha value is -2.20. The third-order valence-corrected chi connectivity index (χ3v) is 5.59. The number of nitrogens with one attached hydrogen (secondary N) is 1. The maximum absolute atomic E-state index is 13.6. The smallest absolute Gasteiger partial charge is 0.123 e. The van der Waals surface area contributed by atoms with Crippen LogP contribution in [0.2, 0.25) is 0 Å². The predicted octanol–water partition coefficient (Wildman–Crippen LogP) is 6.23. The van der Waals surface area contributed by atoms with Crippen molar-refractivity contribution in [3.8, 4) is 11.3 Å². The highest BCUT2D eigenvalue weighted by molar-refractivity contribution is 7.12. The number of fused-ring (bicyclic) bond motifs is 3. The van der Waals surface area contributed by atoms with Crippen LogP contribution in [0.3, 0.4) is 0 Å². The molecule has 0 aliphatic heterocycles. The molecule has 0 spiro atoms. The van der Waals surface area contributed by atoms with Crippen LogP contribution in [-0.4, -0.2) is 9.97 Å². The minimum Gasteiger partial charge on any atom is -0.353 e.